The second-order valence-electron chi connectivity index (χ2n) is 4.34. The van der Waals surface area contributed by atoms with Crippen LogP contribution in [0.15, 0.2) is 24.3 Å². The van der Waals surface area contributed by atoms with E-state index < -0.39 is 10.2 Å². The molecule has 0 amide bonds. The maximum absolute atomic E-state index is 12.2. The Bertz CT molecular complexity index is 469. The number of benzene rings is 1. The van der Waals surface area contributed by atoms with Gasteiger partial charge < -0.3 is 5.73 Å². The molecule has 0 aliphatic heterocycles. The summed E-state index contributed by atoms with van der Waals surface area (Å²) in [5.74, 6) is 0. The summed E-state index contributed by atoms with van der Waals surface area (Å²) in [4.78, 5) is 0. The van der Waals surface area contributed by atoms with Crippen LogP contribution in [-0.4, -0.2) is 39.9 Å². The van der Waals surface area contributed by atoms with Crippen LogP contribution in [0.5, 0.6) is 0 Å². The van der Waals surface area contributed by atoms with Gasteiger partial charge in [0.1, 0.15) is 0 Å². The largest absolute Gasteiger partial charge is 0.330 e. The molecular formula is C12H21N3O2S. The van der Waals surface area contributed by atoms with Gasteiger partial charge in [-0.15, -0.1) is 0 Å². The van der Waals surface area contributed by atoms with Crippen LogP contribution in [0.25, 0.3) is 0 Å². The lowest BCUT2D eigenvalue weighted by atomic mass is 10.2. The minimum Gasteiger partial charge on any atom is -0.330 e. The monoisotopic (exact) mass is 271 g/mol. The maximum Gasteiger partial charge on any atom is 0.303 e. The van der Waals surface area contributed by atoms with Crippen LogP contribution in [-0.2, 0) is 10.2 Å². The highest BCUT2D eigenvalue weighted by atomic mass is 32.2. The van der Waals surface area contributed by atoms with Gasteiger partial charge in [-0.2, -0.15) is 12.7 Å². The fourth-order valence-corrected chi connectivity index (χ4v) is 2.66. The predicted molar refractivity (Wildman–Crippen MR) is 74.8 cm³/mol. The van der Waals surface area contributed by atoms with Crippen molar-refractivity contribution in [3.63, 3.8) is 0 Å². The fourth-order valence-electron chi connectivity index (χ4n) is 1.52. The van der Waals surface area contributed by atoms with Crippen molar-refractivity contribution >= 4 is 15.9 Å². The van der Waals surface area contributed by atoms with E-state index in [0.717, 1.165) is 5.56 Å². The summed E-state index contributed by atoms with van der Waals surface area (Å²) in [6.07, 6.45) is 0.626. The van der Waals surface area contributed by atoms with Crippen LogP contribution in [0.4, 0.5) is 5.69 Å². The van der Waals surface area contributed by atoms with E-state index in [2.05, 4.69) is 0 Å². The van der Waals surface area contributed by atoms with Gasteiger partial charge in [-0.25, -0.2) is 0 Å². The SMILES string of the molecule is Cc1ccc(N(CCCN)S(=O)(=O)N(C)C)cc1. The van der Waals surface area contributed by atoms with Gasteiger partial charge in [0.2, 0.25) is 0 Å². The number of nitrogens with zero attached hydrogens (tertiary/aromatic N) is 2. The molecule has 0 spiro atoms. The second-order valence-corrected chi connectivity index (χ2v) is 6.41. The Morgan fingerprint density at radius 2 is 1.72 bits per heavy atom. The van der Waals surface area contributed by atoms with Gasteiger partial charge in [-0.05, 0) is 32.0 Å². The van der Waals surface area contributed by atoms with Crippen molar-refractivity contribution in [1.82, 2.24) is 4.31 Å². The molecule has 0 fully saturated rings. The van der Waals surface area contributed by atoms with Crippen molar-refractivity contribution in [3.8, 4) is 0 Å². The van der Waals surface area contributed by atoms with Crippen LogP contribution in [0.1, 0.15) is 12.0 Å². The topological polar surface area (TPSA) is 66.6 Å². The normalized spacial score (nSPS) is 11.8. The van der Waals surface area contributed by atoms with E-state index >= 15 is 0 Å². The van der Waals surface area contributed by atoms with E-state index in [1.54, 1.807) is 0 Å². The molecule has 102 valence electrons. The van der Waals surface area contributed by atoms with Crippen LogP contribution in [0.2, 0.25) is 0 Å². The summed E-state index contributed by atoms with van der Waals surface area (Å²) in [5.41, 5.74) is 7.23. The van der Waals surface area contributed by atoms with E-state index in [1.807, 2.05) is 31.2 Å². The molecule has 5 nitrogen and oxygen atoms in total. The highest BCUT2D eigenvalue weighted by Gasteiger charge is 2.24. The molecule has 0 heterocycles. The Hall–Kier alpha value is -1.11. The van der Waals surface area contributed by atoms with Crippen molar-refractivity contribution < 1.29 is 8.42 Å². The quantitative estimate of drug-likeness (QED) is 0.838. The molecule has 2 N–H and O–H groups in total. The lowest BCUT2D eigenvalue weighted by molar-refractivity contribution is 0.514. The van der Waals surface area contributed by atoms with Gasteiger partial charge in [0.25, 0.3) is 0 Å². The molecule has 18 heavy (non-hydrogen) atoms. The molecule has 0 radical (unpaired) electrons. The highest BCUT2D eigenvalue weighted by Crippen LogP contribution is 2.20. The molecule has 0 saturated carbocycles. The lowest BCUT2D eigenvalue weighted by Gasteiger charge is -2.27. The molecule has 1 aromatic rings. The Balaban J connectivity index is 3.09. The first-order valence-electron chi connectivity index (χ1n) is 5.86. The molecule has 0 saturated heterocycles. The summed E-state index contributed by atoms with van der Waals surface area (Å²) in [6.45, 7) is 2.82. The van der Waals surface area contributed by atoms with Crippen LogP contribution in [0.3, 0.4) is 0 Å². The van der Waals surface area contributed by atoms with Crippen LogP contribution in [0, 0.1) is 6.92 Å². The molecule has 0 aliphatic carbocycles. The third-order valence-corrected chi connectivity index (χ3v) is 4.50. The van der Waals surface area contributed by atoms with Crippen molar-refractivity contribution in [2.24, 2.45) is 5.73 Å². The Morgan fingerprint density at radius 1 is 1.17 bits per heavy atom. The number of anilines is 1. The summed E-state index contributed by atoms with van der Waals surface area (Å²) >= 11 is 0. The summed E-state index contributed by atoms with van der Waals surface area (Å²) in [5, 5.41) is 0. The molecule has 0 bridgehead atoms. The van der Waals surface area contributed by atoms with Gasteiger partial charge in [0, 0.05) is 20.6 Å². The Morgan fingerprint density at radius 3 is 2.17 bits per heavy atom. The van der Waals surface area contributed by atoms with Crippen LogP contribution < -0.4 is 10.0 Å². The first-order valence-corrected chi connectivity index (χ1v) is 7.26. The number of rotatable bonds is 6. The molecular weight excluding hydrogens is 250 g/mol. The van der Waals surface area contributed by atoms with E-state index in [1.165, 1.54) is 22.7 Å². The smallest absolute Gasteiger partial charge is 0.303 e. The molecule has 0 unspecified atom stereocenters. The van der Waals surface area contributed by atoms with Gasteiger partial charge in [0.05, 0.1) is 5.69 Å². The molecule has 0 atom stereocenters. The summed E-state index contributed by atoms with van der Waals surface area (Å²) in [7, 11) is -0.413. The van der Waals surface area contributed by atoms with E-state index in [4.69, 9.17) is 5.73 Å². The van der Waals surface area contributed by atoms with Gasteiger partial charge in [-0.3, -0.25) is 4.31 Å². The van der Waals surface area contributed by atoms with Crippen LogP contribution >= 0.6 is 0 Å². The summed E-state index contributed by atoms with van der Waals surface area (Å²) < 4.78 is 27.1. The number of hydrogen-bond donors (Lipinski definition) is 1. The van der Waals surface area contributed by atoms with Crippen molar-refractivity contribution in [3.05, 3.63) is 29.8 Å². The number of nitrogens with two attached hydrogens (primary N) is 1. The molecule has 6 heteroatoms. The van der Waals surface area contributed by atoms with Gasteiger partial charge in [-0.1, -0.05) is 17.7 Å². The third kappa shape index (κ3) is 3.44. The maximum atomic E-state index is 12.2. The standard InChI is InChI=1S/C12H21N3O2S/c1-11-5-7-12(8-6-11)15(10-4-9-13)18(16,17)14(2)3/h5-8H,4,9-10,13H2,1-3H3. The number of hydrogen-bond acceptors (Lipinski definition) is 3. The Labute approximate surface area is 109 Å². The zero-order chi connectivity index (χ0) is 13.8. The lowest BCUT2D eigenvalue weighted by Crippen LogP contribution is -2.41. The Kier molecular flexibility index (Phi) is 5.13. The fraction of sp³-hybridized carbons (Fsp3) is 0.500. The zero-order valence-corrected chi connectivity index (χ0v) is 11.9. The summed E-state index contributed by atoms with van der Waals surface area (Å²) in [6, 6.07) is 7.42. The molecule has 1 rings (SSSR count). The average molecular weight is 271 g/mol. The molecule has 0 aliphatic rings. The first kappa shape index (κ1) is 14.9. The third-order valence-electron chi connectivity index (χ3n) is 2.63. The van der Waals surface area contributed by atoms with Crippen molar-refractivity contribution in [2.75, 3.05) is 31.5 Å². The van der Waals surface area contributed by atoms with E-state index in [9.17, 15) is 8.42 Å². The van der Waals surface area contributed by atoms with Gasteiger partial charge in [0.15, 0.2) is 0 Å². The van der Waals surface area contributed by atoms with E-state index in [0.29, 0.717) is 25.2 Å². The minimum atomic E-state index is -3.47. The molecule has 0 aromatic heterocycles. The predicted octanol–water partition coefficient (Wildman–Crippen LogP) is 0.957. The first-order chi connectivity index (χ1) is 8.39. The zero-order valence-electron chi connectivity index (χ0n) is 11.1. The number of aryl methyl sites for hydroxylation is 1. The van der Waals surface area contributed by atoms with Gasteiger partial charge >= 0.3 is 10.2 Å². The van der Waals surface area contributed by atoms with E-state index in [-0.39, 0.29) is 0 Å². The van der Waals surface area contributed by atoms with Crippen molar-refractivity contribution in [2.45, 2.75) is 13.3 Å². The average Bonchev–Trinajstić information content (AvgIpc) is 2.31. The molecule has 1 aromatic carbocycles. The van der Waals surface area contributed by atoms with Crippen molar-refractivity contribution in [1.29, 1.82) is 0 Å². The minimum absolute atomic E-state index is 0.389. The second kappa shape index (κ2) is 6.17. The highest BCUT2D eigenvalue weighted by molar-refractivity contribution is 7.90.